The van der Waals surface area contributed by atoms with E-state index in [0.29, 0.717) is 0 Å². The largest absolute Gasteiger partial charge is 1.00 e. The summed E-state index contributed by atoms with van der Waals surface area (Å²) in [5, 5.41) is 5.30. The molecule has 0 aromatic heterocycles. The monoisotopic (exact) mass is 504 g/mol. The fraction of sp³-hybridized carbons (Fsp3) is 0.0370. The van der Waals surface area contributed by atoms with Gasteiger partial charge in [0.25, 0.3) is 0 Å². The average molecular weight is 507 g/mol. The second-order valence-corrected chi connectivity index (χ2v) is 6.65. The van der Waals surface area contributed by atoms with Crippen LogP contribution in [-0.4, -0.2) is 4.21 Å². The van der Waals surface area contributed by atoms with Crippen molar-refractivity contribution in [1.29, 1.82) is 0 Å². The molecule has 30 heavy (non-hydrogen) atoms. The van der Waals surface area contributed by atoms with Gasteiger partial charge in [-0.05, 0) is 28.5 Å². The van der Waals surface area contributed by atoms with Crippen LogP contribution < -0.4 is 24.8 Å². The number of hydrogen-bond donors (Lipinski definition) is 0. The van der Waals surface area contributed by atoms with Gasteiger partial charge in [0.15, 0.2) is 0 Å². The van der Waals surface area contributed by atoms with Gasteiger partial charge < -0.3 is 24.8 Å². The molecule has 0 N–H and O–H groups in total. The molecular weight excluding hydrogens is 486 g/mol. The normalized spacial score (nSPS) is 10.3. The van der Waals surface area contributed by atoms with Gasteiger partial charge >= 0.3 is 28.4 Å². The summed E-state index contributed by atoms with van der Waals surface area (Å²) in [7, 11) is 0. The van der Waals surface area contributed by atoms with Crippen molar-refractivity contribution in [2.45, 2.75) is 6.42 Å². The van der Waals surface area contributed by atoms with E-state index in [4.69, 9.17) is 0 Å². The fourth-order valence-electron chi connectivity index (χ4n) is 4.05. The Morgan fingerprint density at radius 3 is 2.07 bits per heavy atom. The van der Waals surface area contributed by atoms with Crippen LogP contribution in [0.4, 0.5) is 0 Å². The van der Waals surface area contributed by atoms with Gasteiger partial charge in [-0.1, -0.05) is 53.9 Å². The van der Waals surface area contributed by atoms with E-state index in [9.17, 15) is 0 Å². The summed E-state index contributed by atoms with van der Waals surface area (Å²) in [6.45, 7) is 0. The fourth-order valence-corrected chi connectivity index (χ4v) is 4.05. The quantitative estimate of drug-likeness (QED) is 0.211. The van der Waals surface area contributed by atoms with Crippen molar-refractivity contribution in [2.75, 3.05) is 0 Å². The molecule has 1 aliphatic rings. The van der Waals surface area contributed by atoms with E-state index >= 15 is 0 Å². The molecule has 5 aromatic rings. The second kappa shape index (κ2) is 11.5. The third-order valence-electron chi connectivity index (χ3n) is 5.16. The Morgan fingerprint density at radius 2 is 1.37 bits per heavy atom. The number of hydrogen-bond acceptors (Lipinski definition) is 0. The topological polar surface area (TPSA) is 0 Å². The molecule has 0 amide bonds. The SMILES string of the molecule is [CH2]=[Zr+2].[Cl-].[Cl-].[c-]1cccc2c1c1c(c3ccccc32)-c2ccccc2C1.c1cc[cH-]c1. The first-order valence-electron chi connectivity index (χ1n) is 9.38. The molecule has 0 bridgehead atoms. The van der Waals surface area contributed by atoms with E-state index in [1.807, 2.05) is 36.4 Å². The number of fused-ring (bicyclic) bond motifs is 8. The third-order valence-corrected chi connectivity index (χ3v) is 5.16. The van der Waals surface area contributed by atoms with Crippen LogP contribution in [0.5, 0.6) is 0 Å². The minimum Gasteiger partial charge on any atom is -1.00 e. The Morgan fingerprint density at radius 1 is 0.733 bits per heavy atom. The smallest absolute Gasteiger partial charge is 0.0240 e. The van der Waals surface area contributed by atoms with Gasteiger partial charge in [0.1, 0.15) is 0 Å². The van der Waals surface area contributed by atoms with Gasteiger partial charge in [0.2, 0.25) is 0 Å². The van der Waals surface area contributed by atoms with Crippen LogP contribution in [0.15, 0.2) is 97.1 Å². The van der Waals surface area contributed by atoms with Crippen molar-refractivity contribution in [3.63, 3.8) is 0 Å². The van der Waals surface area contributed by atoms with Crippen LogP contribution >= 0.6 is 0 Å². The predicted octanol–water partition coefficient (Wildman–Crippen LogP) is 0.743. The minimum absolute atomic E-state index is 0. The van der Waals surface area contributed by atoms with Gasteiger partial charge in [-0.25, -0.2) is 12.1 Å². The summed E-state index contributed by atoms with van der Waals surface area (Å²) in [5.41, 5.74) is 5.67. The van der Waals surface area contributed by atoms with Crippen molar-refractivity contribution in [3.8, 4) is 11.1 Å². The first kappa shape index (κ1) is 24.4. The molecule has 0 heterocycles. The Balaban J connectivity index is 0.000000311. The molecule has 148 valence electrons. The first-order chi connectivity index (χ1) is 13.9. The summed E-state index contributed by atoms with van der Waals surface area (Å²) in [5.74, 6) is 0. The van der Waals surface area contributed by atoms with Crippen molar-refractivity contribution in [1.82, 2.24) is 0 Å². The number of halogens is 2. The Kier molecular flexibility index (Phi) is 9.31. The van der Waals surface area contributed by atoms with Gasteiger partial charge in [-0.2, -0.15) is 18.2 Å². The molecule has 0 unspecified atom stereocenters. The zero-order chi connectivity index (χ0) is 19.3. The molecule has 0 atom stereocenters. The zero-order valence-electron chi connectivity index (χ0n) is 16.4. The Hall–Kier alpha value is -1.92. The van der Waals surface area contributed by atoms with E-state index in [1.54, 1.807) is 0 Å². The van der Waals surface area contributed by atoms with Gasteiger partial charge in [-0.15, -0.1) is 40.6 Å². The Labute approximate surface area is 205 Å². The standard InChI is InChI=1S/C21H13.C5H5.CH2.2ClH.Zr/c1-2-8-15-14(7-1)13-20-18-11-4-3-9-16(18)17-10-5-6-12-19(17)21(15)20;1-2-4-5-3-1;;;;/h1-10,12H,13H2;1-5H;1H2;2*1H;/q2*-1;;;;+2/p-2. The molecule has 0 aliphatic heterocycles. The maximum atomic E-state index is 3.48. The summed E-state index contributed by atoms with van der Waals surface area (Å²) >= 11 is 1.30. The molecule has 3 heteroatoms. The minimum atomic E-state index is 0. The molecule has 6 rings (SSSR count). The van der Waals surface area contributed by atoms with E-state index in [-0.39, 0.29) is 24.8 Å². The van der Waals surface area contributed by atoms with E-state index in [1.165, 1.54) is 68.0 Å². The molecule has 0 fully saturated rings. The Bertz CT molecular complexity index is 1210. The van der Waals surface area contributed by atoms with Crippen molar-refractivity contribution < 1.29 is 49.0 Å². The molecule has 5 aromatic carbocycles. The van der Waals surface area contributed by atoms with Gasteiger partial charge in [0.05, 0.1) is 0 Å². The summed E-state index contributed by atoms with van der Waals surface area (Å²) in [4.78, 5) is 0. The zero-order valence-corrected chi connectivity index (χ0v) is 20.4. The first-order valence-corrected chi connectivity index (χ1v) is 11.1. The van der Waals surface area contributed by atoms with Crippen LogP contribution in [0, 0.1) is 6.07 Å². The summed E-state index contributed by atoms with van der Waals surface area (Å²) in [6, 6.07) is 37.3. The van der Waals surface area contributed by atoms with E-state index < -0.39 is 0 Å². The van der Waals surface area contributed by atoms with Gasteiger partial charge in [0, 0.05) is 0 Å². The van der Waals surface area contributed by atoms with Gasteiger partial charge in [-0.3, -0.25) is 0 Å². The van der Waals surface area contributed by atoms with E-state index in [0.717, 1.165) is 6.42 Å². The second-order valence-electron chi connectivity index (χ2n) is 6.65. The molecular formula is C27H20Cl2Zr-2. The van der Waals surface area contributed by atoms with Crippen molar-refractivity contribution in [2.24, 2.45) is 0 Å². The van der Waals surface area contributed by atoms with E-state index in [2.05, 4.69) is 70.9 Å². The third kappa shape index (κ3) is 4.55. The van der Waals surface area contributed by atoms with Crippen LogP contribution in [0.3, 0.4) is 0 Å². The maximum absolute atomic E-state index is 3.48. The summed E-state index contributed by atoms with van der Waals surface area (Å²) < 4.78 is 3.34. The molecule has 0 radical (unpaired) electrons. The van der Waals surface area contributed by atoms with Crippen LogP contribution in [0.2, 0.25) is 0 Å². The summed E-state index contributed by atoms with van der Waals surface area (Å²) in [6.07, 6.45) is 1.02. The van der Waals surface area contributed by atoms with Crippen LogP contribution in [0.1, 0.15) is 11.1 Å². The molecule has 0 saturated carbocycles. The van der Waals surface area contributed by atoms with Crippen molar-refractivity contribution >= 4 is 25.8 Å². The maximum Gasteiger partial charge on any atom is -0.0240 e. The molecule has 1 aliphatic carbocycles. The molecule has 0 saturated heterocycles. The molecule has 0 spiro atoms. The predicted molar refractivity (Wildman–Crippen MR) is 118 cm³/mol. The average Bonchev–Trinajstić information content (AvgIpc) is 3.47. The molecule has 0 nitrogen and oxygen atoms in total. The van der Waals surface area contributed by atoms with Crippen molar-refractivity contribution in [3.05, 3.63) is 114 Å². The number of benzene rings is 4. The van der Waals surface area contributed by atoms with Crippen LogP contribution in [0.25, 0.3) is 32.7 Å². The number of rotatable bonds is 0. The van der Waals surface area contributed by atoms with Crippen LogP contribution in [-0.2, 0) is 30.7 Å².